The Morgan fingerprint density at radius 1 is 1.17 bits per heavy atom. The van der Waals surface area contributed by atoms with E-state index in [9.17, 15) is 9.59 Å². The second-order valence-electron chi connectivity index (χ2n) is 8.30. The number of carbonyl (C=O) groups excluding carboxylic acids is 2. The third kappa shape index (κ3) is 4.35. The Hall–Kier alpha value is -2.27. The van der Waals surface area contributed by atoms with Crippen LogP contribution in [0.3, 0.4) is 0 Å². The molecule has 1 N–H and O–H groups in total. The maximum atomic E-state index is 13.3. The standard InChI is InChI=1S/C23H28ClN3O2/c1-16-5-2-3-6-19(16)25-23(29)22-20-7-4-13-26(20)15-21(28)27(22)14-12-17-8-10-18(24)11-9-17/h4,7-11,13,16,19,22H,2-3,5-6,12,14-15H2,1H3,(H,25,29)/t16-,19-,22-/m1/s1. The van der Waals surface area contributed by atoms with Crippen molar-refractivity contribution in [1.82, 2.24) is 14.8 Å². The molecule has 1 aromatic heterocycles. The highest BCUT2D eigenvalue weighted by Gasteiger charge is 2.38. The van der Waals surface area contributed by atoms with Crippen molar-refractivity contribution in [2.24, 2.45) is 5.92 Å². The van der Waals surface area contributed by atoms with Crippen LogP contribution in [0.1, 0.15) is 49.9 Å². The second-order valence-corrected chi connectivity index (χ2v) is 8.74. The van der Waals surface area contributed by atoms with Gasteiger partial charge in [-0.1, -0.05) is 43.5 Å². The van der Waals surface area contributed by atoms with E-state index in [4.69, 9.17) is 11.6 Å². The van der Waals surface area contributed by atoms with E-state index in [1.54, 1.807) is 4.90 Å². The van der Waals surface area contributed by atoms with Crippen molar-refractivity contribution in [2.75, 3.05) is 6.54 Å². The number of halogens is 1. The number of hydrogen-bond donors (Lipinski definition) is 1. The highest BCUT2D eigenvalue weighted by Crippen LogP contribution is 2.29. The van der Waals surface area contributed by atoms with E-state index in [1.807, 2.05) is 47.2 Å². The Balaban J connectivity index is 1.54. The van der Waals surface area contributed by atoms with Crippen LogP contribution in [-0.4, -0.2) is 33.9 Å². The van der Waals surface area contributed by atoms with Gasteiger partial charge in [-0.3, -0.25) is 9.59 Å². The van der Waals surface area contributed by atoms with Crippen molar-refractivity contribution >= 4 is 23.4 Å². The average molecular weight is 414 g/mol. The summed E-state index contributed by atoms with van der Waals surface area (Å²) < 4.78 is 1.90. The molecule has 1 aliphatic carbocycles. The molecule has 2 aromatic rings. The molecule has 2 heterocycles. The summed E-state index contributed by atoms with van der Waals surface area (Å²) in [5.74, 6) is 0.397. The first kappa shape index (κ1) is 20.0. The predicted molar refractivity (Wildman–Crippen MR) is 114 cm³/mol. The molecule has 1 aliphatic heterocycles. The molecular weight excluding hydrogens is 386 g/mol. The zero-order valence-electron chi connectivity index (χ0n) is 16.8. The Labute approximate surface area is 177 Å². The lowest BCUT2D eigenvalue weighted by atomic mass is 9.85. The number of aromatic nitrogens is 1. The number of nitrogens with zero attached hydrogens (tertiary/aromatic N) is 2. The molecule has 2 amide bonds. The van der Waals surface area contributed by atoms with E-state index >= 15 is 0 Å². The number of amides is 2. The fourth-order valence-corrected chi connectivity index (χ4v) is 4.71. The van der Waals surface area contributed by atoms with Gasteiger partial charge in [-0.05, 0) is 55.0 Å². The third-order valence-corrected chi connectivity index (χ3v) is 6.58. The Kier molecular flexibility index (Phi) is 5.95. The molecule has 2 aliphatic rings. The van der Waals surface area contributed by atoms with Crippen LogP contribution in [-0.2, 0) is 22.6 Å². The quantitative estimate of drug-likeness (QED) is 0.806. The number of rotatable bonds is 5. The van der Waals surface area contributed by atoms with Gasteiger partial charge in [-0.25, -0.2) is 0 Å². The van der Waals surface area contributed by atoms with Crippen molar-refractivity contribution in [2.45, 2.75) is 57.7 Å². The summed E-state index contributed by atoms with van der Waals surface area (Å²) in [5.41, 5.74) is 1.99. The Bertz CT molecular complexity index is 877. The van der Waals surface area contributed by atoms with Gasteiger partial charge in [0.1, 0.15) is 6.54 Å². The molecule has 6 heteroatoms. The van der Waals surface area contributed by atoms with Crippen LogP contribution in [0.5, 0.6) is 0 Å². The van der Waals surface area contributed by atoms with Gasteiger partial charge in [-0.15, -0.1) is 0 Å². The van der Waals surface area contributed by atoms with Crippen molar-refractivity contribution in [3.8, 4) is 0 Å². The molecule has 0 saturated heterocycles. The van der Waals surface area contributed by atoms with Gasteiger partial charge in [0.2, 0.25) is 11.8 Å². The molecule has 0 radical (unpaired) electrons. The molecule has 4 rings (SSSR count). The van der Waals surface area contributed by atoms with E-state index in [0.29, 0.717) is 23.9 Å². The van der Waals surface area contributed by atoms with Gasteiger partial charge >= 0.3 is 0 Å². The minimum absolute atomic E-state index is 0.0143. The SMILES string of the molecule is C[C@@H]1CCCC[C@H]1NC(=O)[C@H]1c2cccn2CC(=O)N1CCc1ccc(Cl)cc1. The van der Waals surface area contributed by atoms with Gasteiger partial charge in [0.05, 0.1) is 5.69 Å². The van der Waals surface area contributed by atoms with E-state index < -0.39 is 6.04 Å². The molecule has 3 atom stereocenters. The minimum Gasteiger partial charge on any atom is -0.351 e. The largest absolute Gasteiger partial charge is 0.351 e. The van der Waals surface area contributed by atoms with Crippen LogP contribution in [0.2, 0.25) is 5.02 Å². The second kappa shape index (κ2) is 8.62. The molecule has 154 valence electrons. The minimum atomic E-state index is -0.576. The van der Waals surface area contributed by atoms with Crippen LogP contribution in [0.4, 0.5) is 0 Å². The molecule has 29 heavy (non-hydrogen) atoms. The fourth-order valence-electron chi connectivity index (χ4n) is 4.58. The lowest BCUT2D eigenvalue weighted by Gasteiger charge is -2.38. The lowest BCUT2D eigenvalue weighted by molar-refractivity contribution is -0.144. The van der Waals surface area contributed by atoms with Crippen molar-refractivity contribution in [1.29, 1.82) is 0 Å². The fraction of sp³-hybridized carbons (Fsp3) is 0.478. The Morgan fingerprint density at radius 3 is 2.69 bits per heavy atom. The van der Waals surface area contributed by atoms with E-state index in [1.165, 1.54) is 6.42 Å². The van der Waals surface area contributed by atoms with Crippen LogP contribution in [0.25, 0.3) is 0 Å². The van der Waals surface area contributed by atoms with Gasteiger partial charge in [0.25, 0.3) is 0 Å². The molecule has 5 nitrogen and oxygen atoms in total. The highest BCUT2D eigenvalue weighted by atomic mass is 35.5. The third-order valence-electron chi connectivity index (χ3n) is 6.32. The molecule has 1 fully saturated rings. The molecular formula is C23H28ClN3O2. The Morgan fingerprint density at radius 2 is 1.93 bits per heavy atom. The van der Waals surface area contributed by atoms with Gasteiger partial charge < -0.3 is 14.8 Å². The summed E-state index contributed by atoms with van der Waals surface area (Å²) in [6.45, 7) is 2.99. The molecule has 1 aromatic carbocycles. The monoisotopic (exact) mass is 413 g/mol. The maximum Gasteiger partial charge on any atom is 0.249 e. The number of fused-ring (bicyclic) bond motifs is 1. The summed E-state index contributed by atoms with van der Waals surface area (Å²) in [7, 11) is 0. The summed E-state index contributed by atoms with van der Waals surface area (Å²) >= 11 is 5.98. The summed E-state index contributed by atoms with van der Waals surface area (Å²) in [6.07, 6.45) is 7.10. The first-order valence-corrected chi connectivity index (χ1v) is 10.9. The predicted octanol–water partition coefficient (Wildman–Crippen LogP) is 3.96. The zero-order valence-corrected chi connectivity index (χ0v) is 17.6. The van der Waals surface area contributed by atoms with E-state index in [0.717, 1.165) is 30.5 Å². The summed E-state index contributed by atoms with van der Waals surface area (Å²) in [4.78, 5) is 28.0. The number of nitrogens with one attached hydrogen (secondary N) is 1. The van der Waals surface area contributed by atoms with Gasteiger partial charge in [-0.2, -0.15) is 0 Å². The maximum absolute atomic E-state index is 13.3. The van der Waals surface area contributed by atoms with Crippen molar-refractivity contribution < 1.29 is 9.59 Å². The molecule has 0 spiro atoms. The topological polar surface area (TPSA) is 54.3 Å². The van der Waals surface area contributed by atoms with E-state index in [-0.39, 0.29) is 24.4 Å². The first-order valence-electron chi connectivity index (χ1n) is 10.5. The van der Waals surface area contributed by atoms with Crippen LogP contribution in [0.15, 0.2) is 42.6 Å². The van der Waals surface area contributed by atoms with Crippen LogP contribution >= 0.6 is 11.6 Å². The van der Waals surface area contributed by atoms with Crippen molar-refractivity contribution in [3.05, 3.63) is 58.9 Å². The first-order chi connectivity index (χ1) is 14.0. The summed E-state index contributed by atoms with van der Waals surface area (Å²) in [5, 5.41) is 3.96. The zero-order chi connectivity index (χ0) is 20.4. The van der Waals surface area contributed by atoms with Crippen LogP contribution in [0, 0.1) is 5.92 Å². The lowest BCUT2D eigenvalue weighted by Crippen LogP contribution is -2.52. The van der Waals surface area contributed by atoms with Gasteiger partial charge in [0.15, 0.2) is 6.04 Å². The highest BCUT2D eigenvalue weighted by molar-refractivity contribution is 6.30. The smallest absolute Gasteiger partial charge is 0.249 e. The molecule has 0 unspecified atom stereocenters. The molecule has 0 bridgehead atoms. The average Bonchev–Trinajstić information content (AvgIpc) is 3.16. The number of benzene rings is 1. The number of carbonyl (C=O) groups is 2. The van der Waals surface area contributed by atoms with E-state index in [2.05, 4.69) is 12.2 Å². The normalized spacial score (nSPS) is 24.3. The number of hydrogen-bond acceptors (Lipinski definition) is 2. The van der Waals surface area contributed by atoms with Crippen LogP contribution < -0.4 is 5.32 Å². The van der Waals surface area contributed by atoms with Gasteiger partial charge in [0, 0.05) is 23.8 Å². The molecule has 1 saturated carbocycles. The van der Waals surface area contributed by atoms with Crippen molar-refractivity contribution in [3.63, 3.8) is 0 Å². The summed E-state index contributed by atoms with van der Waals surface area (Å²) in [6, 6.07) is 11.1.